The van der Waals surface area contributed by atoms with E-state index >= 15 is 0 Å². The van der Waals surface area contributed by atoms with E-state index in [1.807, 2.05) is 6.92 Å². The van der Waals surface area contributed by atoms with Crippen molar-refractivity contribution >= 4 is 5.91 Å². The highest BCUT2D eigenvalue weighted by Gasteiger charge is 2.14. The second-order valence-electron chi connectivity index (χ2n) is 5.58. The standard InChI is InChI=1S/C16H25N3O/c1-13-4-6-15(7-5-13)14(2)18-16(20)12-19-10-3-8-17-9-11-19/h4-7,14,17H,3,8-12H2,1-2H3,(H,18,20). The molecule has 4 nitrogen and oxygen atoms in total. The minimum absolute atomic E-state index is 0.0632. The fraction of sp³-hybridized carbons (Fsp3) is 0.562. The van der Waals surface area contributed by atoms with Gasteiger partial charge in [-0.15, -0.1) is 0 Å². The summed E-state index contributed by atoms with van der Waals surface area (Å²) in [7, 11) is 0. The highest BCUT2D eigenvalue weighted by Crippen LogP contribution is 2.12. The van der Waals surface area contributed by atoms with Crippen molar-refractivity contribution in [3.05, 3.63) is 35.4 Å². The van der Waals surface area contributed by atoms with Gasteiger partial charge in [-0.05, 0) is 38.9 Å². The molecule has 4 heteroatoms. The van der Waals surface area contributed by atoms with Crippen LogP contribution >= 0.6 is 0 Å². The number of carbonyl (C=O) groups excluding carboxylic acids is 1. The van der Waals surface area contributed by atoms with E-state index in [-0.39, 0.29) is 11.9 Å². The van der Waals surface area contributed by atoms with Gasteiger partial charge in [0.15, 0.2) is 0 Å². The maximum absolute atomic E-state index is 12.1. The third kappa shape index (κ3) is 4.62. The van der Waals surface area contributed by atoms with Gasteiger partial charge in [-0.25, -0.2) is 0 Å². The number of nitrogens with zero attached hydrogens (tertiary/aromatic N) is 1. The van der Waals surface area contributed by atoms with E-state index in [1.165, 1.54) is 5.56 Å². The molecule has 1 saturated heterocycles. The Morgan fingerprint density at radius 1 is 1.30 bits per heavy atom. The summed E-state index contributed by atoms with van der Waals surface area (Å²) in [6.45, 7) is 8.58. The number of rotatable bonds is 4. The Kier molecular flexibility index (Phi) is 5.56. The Morgan fingerprint density at radius 2 is 2.05 bits per heavy atom. The minimum atomic E-state index is 0.0632. The van der Waals surface area contributed by atoms with Gasteiger partial charge in [0, 0.05) is 13.1 Å². The summed E-state index contributed by atoms with van der Waals surface area (Å²) in [5, 5.41) is 6.43. The number of aryl methyl sites for hydroxylation is 1. The summed E-state index contributed by atoms with van der Waals surface area (Å²) >= 11 is 0. The molecule has 0 aliphatic carbocycles. The van der Waals surface area contributed by atoms with Crippen LogP contribution in [0, 0.1) is 6.92 Å². The first-order chi connectivity index (χ1) is 9.65. The molecule has 110 valence electrons. The molecule has 1 heterocycles. The summed E-state index contributed by atoms with van der Waals surface area (Å²) in [6.07, 6.45) is 1.11. The third-order valence-corrected chi connectivity index (χ3v) is 3.75. The number of hydrogen-bond acceptors (Lipinski definition) is 3. The molecule has 0 radical (unpaired) electrons. The number of amides is 1. The molecule has 0 spiro atoms. The van der Waals surface area contributed by atoms with E-state index in [1.54, 1.807) is 0 Å². The van der Waals surface area contributed by atoms with E-state index in [4.69, 9.17) is 0 Å². The number of benzene rings is 1. The Balaban J connectivity index is 1.82. The first kappa shape index (κ1) is 15.0. The molecule has 1 aromatic carbocycles. The van der Waals surface area contributed by atoms with Crippen LogP contribution in [-0.2, 0) is 4.79 Å². The average Bonchev–Trinajstić information content (AvgIpc) is 2.68. The van der Waals surface area contributed by atoms with E-state index in [0.717, 1.165) is 38.2 Å². The second kappa shape index (κ2) is 7.41. The molecule has 1 aliphatic rings. The van der Waals surface area contributed by atoms with Crippen molar-refractivity contribution in [2.45, 2.75) is 26.3 Å². The molecule has 20 heavy (non-hydrogen) atoms. The molecule has 0 saturated carbocycles. The van der Waals surface area contributed by atoms with Gasteiger partial charge in [0.2, 0.25) is 5.91 Å². The zero-order valence-electron chi connectivity index (χ0n) is 12.5. The van der Waals surface area contributed by atoms with Crippen molar-refractivity contribution < 1.29 is 4.79 Å². The van der Waals surface area contributed by atoms with Crippen molar-refractivity contribution in [2.24, 2.45) is 0 Å². The molecule has 1 unspecified atom stereocenters. The lowest BCUT2D eigenvalue weighted by molar-refractivity contribution is -0.122. The van der Waals surface area contributed by atoms with Crippen LogP contribution < -0.4 is 10.6 Å². The van der Waals surface area contributed by atoms with Crippen LogP contribution in [0.5, 0.6) is 0 Å². The van der Waals surface area contributed by atoms with Gasteiger partial charge in [-0.1, -0.05) is 29.8 Å². The van der Waals surface area contributed by atoms with Crippen LogP contribution in [0.3, 0.4) is 0 Å². The molecule has 1 aromatic rings. The minimum Gasteiger partial charge on any atom is -0.348 e. The number of hydrogen-bond donors (Lipinski definition) is 2. The summed E-state index contributed by atoms with van der Waals surface area (Å²) in [6, 6.07) is 8.39. The zero-order valence-corrected chi connectivity index (χ0v) is 12.5. The highest BCUT2D eigenvalue weighted by atomic mass is 16.2. The van der Waals surface area contributed by atoms with Crippen LogP contribution in [0.4, 0.5) is 0 Å². The maximum Gasteiger partial charge on any atom is 0.234 e. The molecule has 1 amide bonds. The average molecular weight is 275 g/mol. The molecule has 1 atom stereocenters. The van der Waals surface area contributed by atoms with Gasteiger partial charge in [0.25, 0.3) is 0 Å². The zero-order chi connectivity index (χ0) is 14.4. The first-order valence-corrected chi connectivity index (χ1v) is 7.44. The Bertz CT molecular complexity index is 422. The lowest BCUT2D eigenvalue weighted by Crippen LogP contribution is -2.39. The Morgan fingerprint density at radius 3 is 2.80 bits per heavy atom. The quantitative estimate of drug-likeness (QED) is 0.874. The number of carbonyl (C=O) groups is 1. The van der Waals surface area contributed by atoms with Gasteiger partial charge in [0.05, 0.1) is 12.6 Å². The lowest BCUT2D eigenvalue weighted by Gasteiger charge is -2.21. The topological polar surface area (TPSA) is 44.4 Å². The molecule has 2 N–H and O–H groups in total. The summed E-state index contributed by atoms with van der Waals surface area (Å²) in [5.74, 6) is 0.111. The van der Waals surface area contributed by atoms with Crippen LogP contribution in [0.2, 0.25) is 0 Å². The monoisotopic (exact) mass is 275 g/mol. The first-order valence-electron chi connectivity index (χ1n) is 7.44. The van der Waals surface area contributed by atoms with Gasteiger partial charge < -0.3 is 10.6 Å². The SMILES string of the molecule is Cc1ccc(C(C)NC(=O)CN2CCCNCC2)cc1. The van der Waals surface area contributed by atoms with Crippen LogP contribution in [-0.4, -0.2) is 43.5 Å². The third-order valence-electron chi connectivity index (χ3n) is 3.75. The molecule has 1 aliphatic heterocycles. The molecular weight excluding hydrogens is 250 g/mol. The van der Waals surface area contributed by atoms with Crippen LogP contribution in [0.25, 0.3) is 0 Å². The van der Waals surface area contributed by atoms with Gasteiger partial charge >= 0.3 is 0 Å². The summed E-state index contributed by atoms with van der Waals surface area (Å²) in [4.78, 5) is 14.3. The molecule has 0 aromatic heterocycles. The molecule has 0 bridgehead atoms. The van der Waals surface area contributed by atoms with Crippen molar-refractivity contribution in [2.75, 3.05) is 32.7 Å². The van der Waals surface area contributed by atoms with Gasteiger partial charge in [-0.3, -0.25) is 9.69 Å². The van der Waals surface area contributed by atoms with Crippen molar-refractivity contribution in [1.82, 2.24) is 15.5 Å². The van der Waals surface area contributed by atoms with E-state index in [0.29, 0.717) is 6.54 Å². The highest BCUT2D eigenvalue weighted by molar-refractivity contribution is 5.78. The normalized spacial score (nSPS) is 18.3. The molecule has 2 rings (SSSR count). The predicted octanol–water partition coefficient (Wildman–Crippen LogP) is 1.47. The van der Waals surface area contributed by atoms with E-state index in [2.05, 4.69) is 46.7 Å². The predicted molar refractivity (Wildman–Crippen MR) is 81.7 cm³/mol. The number of nitrogens with one attached hydrogen (secondary N) is 2. The smallest absolute Gasteiger partial charge is 0.234 e. The van der Waals surface area contributed by atoms with Crippen molar-refractivity contribution in [3.8, 4) is 0 Å². The van der Waals surface area contributed by atoms with Crippen LogP contribution in [0.1, 0.15) is 30.5 Å². The van der Waals surface area contributed by atoms with Crippen molar-refractivity contribution in [1.29, 1.82) is 0 Å². The fourth-order valence-electron chi connectivity index (χ4n) is 2.49. The van der Waals surface area contributed by atoms with Gasteiger partial charge in [0.1, 0.15) is 0 Å². The lowest BCUT2D eigenvalue weighted by atomic mass is 10.1. The second-order valence-corrected chi connectivity index (χ2v) is 5.58. The Hall–Kier alpha value is -1.39. The van der Waals surface area contributed by atoms with E-state index < -0.39 is 0 Å². The Labute approximate surface area is 121 Å². The fourth-order valence-corrected chi connectivity index (χ4v) is 2.49. The van der Waals surface area contributed by atoms with Gasteiger partial charge in [-0.2, -0.15) is 0 Å². The largest absolute Gasteiger partial charge is 0.348 e. The molecule has 1 fully saturated rings. The summed E-state index contributed by atoms with van der Waals surface area (Å²) in [5.41, 5.74) is 2.39. The van der Waals surface area contributed by atoms with Crippen molar-refractivity contribution in [3.63, 3.8) is 0 Å². The van der Waals surface area contributed by atoms with E-state index in [9.17, 15) is 4.79 Å². The maximum atomic E-state index is 12.1. The summed E-state index contributed by atoms with van der Waals surface area (Å²) < 4.78 is 0. The van der Waals surface area contributed by atoms with Crippen LogP contribution in [0.15, 0.2) is 24.3 Å². The molecular formula is C16H25N3O.